The lowest BCUT2D eigenvalue weighted by Gasteiger charge is -2.11. The molecule has 0 fully saturated rings. The minimum Gasteiger partial charge on any atom is -0.504 e. The van der Waals surface area contributed by atoms with E-state index in [4.69, 9.17) is 21.4 Å². The molecule has 0 amide bonds. The molecule has 0 aliphatic rings. The molecule has 1 atom stereocenters. The molecule has 1 aromatic rings. The second-order valence-corrected chi connectivity index (χ2v) is 3.51. The molecular formula is C10H11ClO4. The first-order chi connectivity index (χ1) is 6.97. The van der Waals surface area contributed by atoms with E-state index in [1.807, 2.05) is 0 Å². The van der Waals surface area contributed by atoms with Crippen LogP contribution in [0.1, 0.15) is 18.4 Å². The van der Waals surface area contributed by atoms with Crippen LogP contribution >= 0.6 is 11.6 Å². The fourth-order valence-corrected chi connectivity index (χ4v) is 1.51. The quantitative estimate of drug-likeness (QED) is 0.836. The monoisotopic (exact) mass is 230 g/mol. The summed E-state index contributed by atoms with van der Waals surface area (Å²) in [5.41, 5.74) is 0.363. The Balaban J connectivity index is 3.21. The molecule has 0 aromatic heterocycles. The minimum atomic E-state index is -0.999. The largest absolute Gasteiger partial charge is 0.504 e. The van der Waals surface area contributed by atoms with Gasteiger partial charge in [-0.1, -0.05) is 11.6 Å². The highest BCUT2D eigenvalue weighted by Gasteiger charge is 2.19. The van der Waals surface area contributed by atoms with Crippen molar-refractivity contribution in [2.24, 2.45) is 0 Å². The number of hydrogen-bond donors (Lipinski definition) is 2. The number of aliphatic carboxylic acids is 1. The molecular weight excluding hydrogens is 220 g/mol. The number of ether oxygens (including phenoxy) is 1. The number of halogens is 1. The second-order valence-electron chi connectivity index (χ2n) is 3.11. The van der Waals surface area contributed by atoms with Gasteiger partial charge in [-0.25, -0.2) is 0 Å². The summed E-state index contributed by atoms with van der Waals surface area (Å²) in [5, 5.41) is 18.5. The molecule has 0 aliphatic carbocycles. The SMILES string of the molecule is COc1cc(Cl)c(C(C)C(=O)O)cc1O. The third-order valence-electron chi connectivity index (χ3n) is 2.14. The molecule has 0 bridgehead atoms. The number of carboxylic acids is 1. The first kappa shape index (κ1) is 11.7. The predicted octanol–water partition coefficient (Wildman–Crippen LogP) is 2.24. The van der Waals surface area contributed by atoms with Crippen molar-refractivity contribution in [3.05, 3.63) is 22.7 Å². The van der Waals surface area contributed by atoms with Crippen molar-refractivity contribution in [1.29, 1.82) is 0 Å². The van der Waals surface area contributed by atoms with Crippen LogP contribution in [0.15, 0.2) is 12.1 Å². The third-order valence-corrected chi connectivity index (χ3v) is 2.46. The van der Waals surface area contributed by atoms with Crippen molar-refractivity contribution in [1.82, 2.24) is 0 Å². The van der Waals surface area contributed by atoms with Crippen LogP contribution in [0.4, 0.5) is 0 Å². The van der Waals surface area contributed by atoms with Crippen LogP contribution in [0.5, 0.6) is 11.5 Å². The maximum absolute atomic E-state index is 10.7. The smallest absolute Gasteiger partial charge is 0.310 e. The van der Waals surface area contributed by atoms with Gasteiger partial charge in [0.1, 0.15) is 0 Å². The van der Waals surface area contributed by atoms with Crippen LogP contribution in [0.2, 0.25) is 5.02 Å². The fraction of sp³-hybridized carbons (Fsp3) is 0.300. The summed E-state index contributed by atoms with van der Waals surface area (Å²) < 4.78 is 4.84. The van der Waals surface area contributed by atoms with Gasteiger partial charge in [-0.05, 0) is 18.6 Å². The average molecular weight is 231 g/mol. The maximum Gasteiger partial charge on any atom is 0.310 e. The van der Waals surface area contributed by atoms with Crippen LogP contribution in [0, 0.1) is 0 Å². The topological polar surface area (TPSA) is 66.8 Å². The van der Waals surface area contributed by atoms with Crippen molar-refractivity contribution in [2.45, 2.75) is 12.8 Å². The van der Waals surface area contributed by atoms with Gasteiger partial charge in [-0.15, -0.1) is 0 Å². The van der Waals surface area contributed by atoms with Gasteiger partial charge >= 0.3 is 5.97 Å². The maximum atomic E-state index is 10.7. The molecule has 1 aromatic carbocycles. The Kier molecular flexibility index (Phi) is 3.42. The number of aromatic hydroxyl groups is 1. The summed E-state index contributed by atoms with van der Waals surface area (Å²) in [4.78, 5) is 10.7. The number of rotatable bonds is 3. The van der Waals surface area contributed by atoms with E-state index < -0.39 is 11.9 Å². The number of benzene rings is 1. The molecule has 0 saturated heterocycles. The van der Waals surface area contributed by atoms with Crippen molar-refractivity contribution in [3.63, 3.8) is 0 Å². The molecule has 1 unspecified atom stereocenters. The lowest BCUT2D eigenvalue weighted by molar-refractivity contribution is -0.138. The highest BCUT2D eigenvalue weighted by atomic mass is 35.5. The molecule has 82 valence electrons. The summed E-state index contributed by atoms with van der Waals surface area (Å²) in [5.74, 6) is -1.66. The first-order valence-electron chi connectivity index (χ1n) is 4.26. The normalized spacial score (nSPS) is 12.2. The predicted molar refractivity (Wildman–Crippen MR) is 55.7 cm³/mol. The molecule has 0 spiro atoms. The van der Waals surface area contributed by atoms with E-state index in [9.17, 15) is 9.90 Å². The Morgan fingerprint density at radius 3 is 2.60 bits per heavy atom. The molecule has 0 saturated carbocycles. The number of carboxylic acid groups (broad SMARTS) is 1. The van der Waals surface area contributed by atoms with Crippen LogP contribution < -0.4 is 4.74 Å². The van der Waals surface area contributed by atoms with Crippen LogP contribution in [0.3, 0.4) is 0 Å². The highest BCUT2D eigenvalue weighted by Crippen LogP contribution is 2.35. The molecule has 4 nitrogen and oxygen atoms in total. The van der Waals surface area contributed by atoms with E-state index in [0.717, 1.165) is 0 Å². The van der Waals surface area contributed by atoms with Gasteiger partial charge in [0.15, 0.2) is 11.5 Å². The lowest BCUT2D eigenvalue weighted by atomic mass is 10.0. The Bertz CT molecular complexity index is 389. The summed E-state index contributed by atoms with van der Waals surface area (Å²) in [7, 11) is 1.39. The Morgan fingerprint density at radius 1 is 1.53 bits per heavy atom. The van der Waals surface area contributed by atoms with Crippen molar-refractivity contribution in [3.8, 4) is 11.5 Å². The van der Waals surface area contributed by atoms with Crippen LogP contribution in [0.25, 0.3) is 0 Å². The minimum absolute atomic E-state index is 0.120. The Morgan fingerprint density at radius 2 is 2.13 bits per heavy atom. The van der Waals surface area contributed by atoms with Gasteiger partial charge in [-0.3, -0.25) is 4.79 Å². The summed E-state index contributed by atoms with van der Waals surface area (Å²) in [6.07, 6.45) is 0. The van der Waals surface area contributed by atoms with Gasteiger partial charge in [0.2, 0.25) is 0 Å². The van der Waals surface area contributed by atoms with Gasteiger partial charge < -0.3 is 14.9 Å². The van der Waals surface area contributed by atoms with Crippen molar-refractivity contribution < 1.29 is 19.7 Å². The highest BCUT2D eigenvalue weighted by molar-refractivity contribution is 6.31. The lowest BCUT2D eigenvalue weighted by Crippen LogP contribution is -2.08. The number of carbonyl (C=O) groups is 1. The molecule has 0 aliphatic heterocycles. The van der Waals surface area contributed by atoms with Crippen LogP contribution in [-0.2, 0) is 4.79 Å². The molecule has 5 heteroatoms. The van der Waals surface area contributed by atoms with Crippen molar-refractivity contribution >= 4 is 17.6 Å². The van der Waals surface area contributed by atoms with Gasteiger partial charge in [0, 0.05) is 11.1 Å². The number of phenols is 1. The van der Waals surface area contributed by atoms with E-state index in [-0.39, 0.29) is 16.5 Å². The zero-order valence-electron chi connectivity index (χ0n) is 8.32. The average Bonchev–Trinajstić information content (AvgIpc) is 2.19. The zero-order chi connectivity index (χ0) is 11.6. The summed E-state index contributed by atoms with van der Waals surface area (Å²) in [6, 6.07) is 2.70. The third kappa shape index (κ3) is 2.33. The number of hydrogen-bond acceptors (Lipinski definition) is 3. The molecule has 2 N–H and O–H groups in total. The van der Waals surface area contributed by atoms with Gasteiger partial charge in [0.25, 0.3) is 0 Å². The fourth-order valence-electron chi connectivity index (χ4n) is 1.19. The summed E-state index contributed by atoms with van der Waals surface area (Å²) in [6.45, 7) is 1.50. The number of phenolic OH excluding ortho intramolecular Hbond substituents is 1. The molecule has 0 radical (unpaired) electrons. The van der Waals surface area contributed by atoms with E-state index >= 15 is 0 Å². The number of methoxy groups -OCH3 is 1. The van der Waals surface area contributed by atoms with E-state index in [1.54, 1.807) is 0 Å². The molecule has 1 rings (SSSR count). The van der Waals surface area contributed by atoms with E-state index in [0.29, 0.717) is 5.56 Å². The van der Waals surface area contributed by atoms with Gasteiger partial charge in [-0.2, -0.15) is 0 Å². The Hall–Kier alpha value is -1.42. The second kappa shape index (κ2) is 4.40. The van der Waals surface area contributed by atoms with E-state index in [1.165, 1.54) is 26.2 Å². The standard InChI is InChI=1S/C10H11ClO4/c1-5(10(13)14)6-3-8(12)9(15-2)4-7(6)11/h3-5,12H,1-2H3,(H,13,14). The Labute approximate surface area is 92.1 Å². The zero-order valence-corrected chi connectivity index (χ0v) is 9.08. The van der Waals surface area contributed by atoms with E-state index in [2.05, 4.69) is 0 Å². The first-order valence-corrected chi connectivity index (χ1v) is 4.64. The van der Waals surface area contributed by atoms with Crippen LogP contribution in [-0.4, -0.2) is 23.3 Å². The molecule has 0 heterocycles. The summed E-state index contributed by atoms with van der Waals surface area (Å²) >= 11 is 5.86. The molecule has 15 heavy (non-hydrogen) atoms. The van der Waals surface area contributed by atoms with Crippen molar-refractivity contribution in [2.75, 3.05) is 7.11 Å². The van der Waals surface area contributed by atoms with Gasteiger partial charge in [0.05, 0.1) is 13.0 Å².